The van der Waals surface area contributed by atoms with E-state index in [0.29, 0.717) is 16.7 Å². The number of aliphatic carboxylic acids is 1. The van der Waals surface area contributed by atoms with Crippen molar-refractivity contribution in [3.05, 3.63) is 26.6 Å². The van der Waals surface area contributed by atoms with Crippen molar-refractivity contribution >= 4 is 37.8 Å². The molecule has 0 spiro atoms. The highest BCUT2D eigenvalue weighted by Gasteiger charge is 2.26. The van der Waals surface area contributed by atoms with Gasteiger partial charge in [0.2, 0.25) is 0 Å². The number of hydrogen-bond donors (Lipinski definition) is 0. The molecule has 0 saturated heterocycles. The zero-order valence-corrected chi connectivity index (χ0v) is 14.5. The fourth-order valence-electron chi connectivity index (χ4n) is 1.82. The van der Waals surface area contributed by atoms with Crippen molar-refractivity contribution < 1.29 is 19.1 Å². The molecule has 1 rings (SSSR count). The molecule has 0 unspecified atom stereocenters. The van der Waals surface area contributed by atoms with E-state index in [2.05, 4.69) is 31.9 Å². The molecular formula is C13H17Br2NO3. The van der Waals surface area contributed by atoms with Crippen molar-refractivity contribution in [1.29, 1.82) is 0 Å². The van der Waals surface area contributed by atoms with Gasteiger partial charge in [0.25, 0.3) is 0 Å². The first-order chi connectivity index (χ1) is 8.66. The van der Waals surface area contributed by atoms with Gasteiger partial charge in [0.05, 0.1) is 43.2 Å². The minimum Gasteiger partial charge on any atom is -0.544 e. The molecule has 1 aromatic carbocycles. The predicted octanol–water partition coefficient (Wildman–Crippen LogP) is 1.59. The van der Waals surface area contributed by atoms with E-state index in [1.165, 1.54) is 0 Å². The molecule has 0 aliphatic rings. The maximum atomic E-state index is 11.3. The Morgan fingerprint density at radius 2 is 1.79 bits per heavy atom. The van der Waals surface area contributed by atoms with E-state index in [0.717, 1.165) is 14.5 Å². The van der Waals surface area contributed by atoms with Crippen LogP contribution < -0.4 is 9.84 Å². The minimum atomic E-state index is -1.05. The molecule has 1 aromatic rings. The first kappa shape index (κ1) is 16.5. The highest BCUT2D eigenvalue weighted by molar-refractivity contribution is 9.11. The van der Waals surface area contributed by atoms with Crippen LogP contribution in [-0.2, 0) is 11.2 Å². The van der Waals surface area contributed by atoms with E-state index in [9.17, 15) is 9.90 Å². The van der Waals surface area contributed by atoms with Crippen LogP contribution in [0.25, 0.3) is 0 Å². The zero-order chi connectivity index (χ0) is 14.8. The fraction of sp³-hybridized carbons (Fsp3) is 0.462. The molecule has 0 aromatic heterocycles. The maximum Gasteiger partial charge on any atom is 0.147 e. The number of ether oxygens (including phenoxy) is 1. The smallest absolute Gasteiger partial charge is 0.147 e. The lowest BCUT2D eigenvalue weighted by atomic mass is 10.0. The Kier molecular flexibility index (Phi) is 5.41. The average molecular weight is 395 g/mol. The minimum absolute atomic E-state index is 0.309. The number of benzene rings is 1. The fourth-order valence-corrected chi connectivity index (χ4v) is 3.43. The largest absolute Gasteiger partial charge is 0.544 e. The van der Waals surface area contributed by atoms with Gasteiger partial charge in [-0.3, -0.25) is 0 Å². The molecular weight excluding hydrogens is 378 g/mol. The third kappa shape index (κ3) is 4.19. The number of carbonyl (C=O) groups is 1. The molecule has 4 nitrogen and oxygen atoms in total. The van der Waals surface area contributed by atoms with Crippen LogP contribution in [0.4, 0.5) is 0 Å². The van der Waals surface area contributed by atoms with E-state index >= 15 is 0 Å². The number of carbonyl (C=O) groups excluding carboxylic acids is 1. The Morgan fingerprint density at radius 1 is 1.32 bits per heavy atom. The topological polar surface area (TPSA) is 49.4 Å². The number of carboxylic acid groups (broad SMARTS) is 1. The van der Waals surface area contributed by atoms with E-state index in [1.54, 1.807) is 7.11 Å². The third-order valence-corrected chi connectivity index (χ3v) is 4.08. The number of methoxy groups -OCH3 is 1. The van der Waals surface area contributed by atoms with Crippen molar-refractivity contribution in [2.45, 2.75) is 12.5 Å². The van der Waals surface area contributed by atoms with E-state index < -0.39 is 12.0 Å². The number of nitrogens with zero attached hydrogens (tertiary/aromatic N) is 1. The normalized spacial score (nSPS) is 13.2. The summed E-state index contributed by atoms with van der Waals surface area (Å²) < 4.78 is 7.11. The Labute approximate surface area is 130 Å². The van der Waals surface area contributed by atoms with Crippen molar-refractivity contribution in [2.75, 3.05) is 28.3 Å². The van der Waals surface area contributed by atoms with E-state index in [-0.39, 0.29) is 0 Å². The lowest BCUT2D eigenvalue weighted by Gasteiger charge is -2.34. The van der Waals surface area contributed by atoms with Crippen LogP contribution in [0, 0.1) is 0 Å². The number of halogens is 2. The summed E-state index contributed by atoms with van der Waals surface area (Å²) in [5.41, 5.74) is 0.904. The number of likely N-dealkylation sites (N-methyl/N-ethyl adjacent to an activating group) is 1. The second-order valence-electron chi connectivity index (χ2n) is 5.25. The van der Waals surface area contributed by atoms with Crippen molar-refractivity contribution in [1.82, 2.24) is 0 Å². The van der Waals surface area contributed by atoms with Gasteiger partial charge in [-0.2, -0.15) is 0 Å². The van der Waals surface area contributed by atoms with Gasteiger partial charge < -0.3 is 19.1 Å². The first-order valence-corrected chi connectivity index (χ1v) is 7.29. The molecule has 1 atom stereocenters. The Bertz CT molecular complexity index is 460. The second-order valence-corrected chi connectivity index (χ2v) is 6.96. The Hall–Kier alpha value is -0.590. The number of carboxylic acids is 1. The van der Waals surface area contributed by atoms with Crippen LogP contribution in [-0.4, -0.2) is 44.7 Å². The molecule has 0 aliphatic carbocycles. The quantitative estimate of drug-likeness (QED) is 0.712. The first-order valence-electron chi connectivity index (χ1n) is 5.70. The standard InChI is InChI=1S/C13H17Br2NO3/c1-16(2,3)11(13(17)18)7-8-5-9(14)12(19-4)10(15)6-8/h5-6,11H,7H2,1-4H3/t11-/m0/s1. The summed E-state index contributed by atoms with van der Waals surface area (Å²) in [5.74, 6) is -0.352. The highest BCUT2D eigenvalue weighted by Crippen LogP contribution is 2.35. The van der Waals surface area contributed by atoms with Gasteiger partial charge >= 0.3 is 0 Å². The van der Waals surface area contributed by atoms with Gasteiger partial charge in [-0.15, -0.1) is 0 Å². The van der Waals surface area contributed by atoms with E-state index in [4.69, 9.17) is 4.74 Å². The van der Waals surface area contributed by atoms with Crippen LogP contribution >= 0.6 is 31.9 Å². The Morgan fingerprint density at radius 3 is 2.11 bits per heavy atom. The summed E-state index contributed by atoms with van der Waals surface area (Å²) in [6.45, 7) is 0. The molecule has 0 amide bonds. The summed E-state index contributed by atoms with van der Waals surface area (Å²) in [4.78, 5) is 11.3. The molecule has 6 heteroatoms. The van der Waals surface area contributed by atoms with Crippen LogP contribution in [0.2, 0.25) is 0 Å². The van der Waals surface area contributed by atoms with Crippen LogP contribution in [0.1, 0.15) is 5.56 Å². The molecule has 0 fully saturated rings. The predicted molar refractivity (Wildman–Crippen MR) is 78.9 cm³/mol. The lowest BCUT2D eigenvalue weighted by molar-refractivity contribution is -0.889. The summed E-state index contributed by atoms with van der Waals surface area (Å²) in [6.07, 6.45) is 0.396. The SMILES string of the molecule is COc1c(Br)cc(C[C@@H](C(=O)[O-])[N+](C)(C)C)cc1Br. The van der Waals surface area contributed by atoms with Crippen LogP contribution in [0.5, 0.6) is 5.75 Å². The molecule has 0 bridgehead atoms. The van der Waals surface area contributed by atoms with Gasteiger partial charge in [0.15, 0.2) is 0 Å². The zero-order valence-electron chi connectivity index (χ0n) is 11.4. The lowest BCUT2D eigenvalue weighted by Crippen LogP contribution is -2.55. The summed E-state index contributed by atoms with van der Waals surface area (Å²) in [5, 5.41) is 11.3. The Balaban J connectivity index is 3.08. The molecule has 0 N–H and O–H groups in total. The van der Waals surface area contributed by atoms with Crippen molar-refractivity contribution in [3.8, 4) is 5.75 Å². The number of hydrogen-bond acceptors (Lipinski definition) is 3. The molecule has 19 heavy (non-hydrogen) atoms. The van der Waals surface area contributed by atoms with Crippen molar-refractivity contribution in [2.24, 2.45) is 0 Å². The van der Waals surface area contributed by atoms with Crippen LogP contribution in [0.3, 0.4) is 0 Å². The highest BCUT2D eigenvalue weighted by atomic mass is 79.9. The second kappa shape index (κ2) is 6.24. The molecule has 0 saturated carbocycles. The molecule has 106 valence electrons. The van der Waals surface area contributed by atoms with Gasteiger partial charge in [-0.25, -0.2) is 0 Å². The number of quaternary nitrogens is 1. The maximum absolute atomic E-state index is 11.3. The summed E-state index contributed by atoms with van der Waals surface area (Å²) >= 11 is 6.82. The molecule has 0 radical (unpaired) electrons. The van der Waals surface area contributed by atoms with Gasteiger partial charge in [-0.1, -0.05) is 0 Å². The average Bonchev–Trinajstić information content (AvgIpc) is 2.23. The van der Waals surface area contributed by atoms with E-state index in [1.807, 2.05) is 33.3 Å². The summed E-state index contributed by atoms with van der Waals surface area (Å²) in [6, 6.07) is 3.14. The summed E-state index contributed by atoms with van der Waals surface area (Å²) in [7, 11) is 7.11. The van der Waals surface area contributed by atoms with Crippen molar-refractivity contribution in [3.63, 3.8) is 0 Å². The molecule has 0 heterocycles. The number of rotatable bonds is 5. The van der Waals surface area contributed by atoms with Crippen LogP contribution in [0.15, 0.2) is 21.1 Å². The molecule has 0 aliphatic heterocycles. The van der Waals surface area contributed by atoms with Gasteiger partial charge in [0, 0.05) is 6.42 Å². The monoisotopic (exact) mass is 393 g/mol. The third-order valence-electron chi connectivity index (χ3n) is 2.90. The van der Waals surface area contributed by atoms with Gasteiger partial charge in [-0.05, 0) is 49.6 Å². The van der Waals surface area contributed by atoms with Gasteiger partial charge in [0.1, 0.15) is 11.8 Å².